The third kappa shape index (κ3) is 8.82. The van der Waals surface area contributed by atoms with Gasteiger partial charge in [-0.3, -0.25) is 13.9 Å². The van der Waals surface area contributed by atoms with E-state index in [-0.39, 0.29) is 23.8 Å². The average molecular weight is 626 g/mol. The van der Waals surface area contributed by atoms with Crippen LogP contribution in [0.3, 0.4) is 0 Å². The zero-order valence-electron chi connectivity index (χ0n) is 26.6. The highest BCUT2D eigenvalue weighted by molar-refractivity contribution is 7.92. The Morgan fingerprint density at radius 1 is 0.778 bits per heavy atom. The number of nitrogens with zero attached hydrogens (tertiary/aromatic N) is 2. The van der Waals surface area contributed by atoms with Gasteiger partial charge < -0.3 is 10.2 Å². The second-order valence-corrected chi connectivity index (χ2v) is 13.3. The normalized spacial score (nSPS) is 11.9. The molecule has 0 heterocycles. The first kappa shape index (κ1) is 33.5. The van der Waals surface area contributed by atoms with Gasteiger partial charge >= 0.3 is 0 Å². The number of carbonyl (C=O) groups is 2. The van der Waals surface area contributed by atoms with Gasteiger partial charge in [-0.05, 0) is 67.6 Å². The summed E-state index contributed by atoms with van der Waals surface area (Å²) in [4.78, 5) is 30.1. The summed E-state index contributed by atoms with van der Waals surface area (Å²) in [5.41, 5.74) is 4.83. The molecule has 0 saturated carbocycles. The van der Waals surface area contributed by atoms with Crippen molar-refractivity contribution in [2.75, 3.05) is 17.4 Å². The van der Waals surface area contributed by atoms with Gasteiger partial charge in [-0.15, -0.1) is 0 Å². The Hall–Kier alpha value is -4.43. The minimum Gasteiger partial charge on any atom is -0.354 e. The Morgan fingerprint density at radius 2 is 1.40 bits per heavy atom. The van der Waals surface area contributed by atoms with E-state index >= 15 is 0 Å². The van der Waals surface area contributed by atoms with Crippen LogP contribution in [-0.4, -0.2) is 44.3 Å². The molecule has 4 rings (SSSR count). The minimum atomic E-state index is -4.14. The van der Waals surface area contributed by atoms with Gasteiger partial charge in [-0.2, -0.15) is 0 Å². The highest BCUT2D eigenvalue weighted by atomic mass is 32.2. The van der Waals surface area contributed by atoms with Crippen LogP contribution in [0, 0.1) is 20.8 Å². The van der Waals surface area contributed by atoms with Gasteiger partial charge in [-0.25, -0.2) is 8.42 Å². The smallest absolute Gasteiger partial charge is 0.264 e. The van der Waals surface area contributed by atoms with Crippen LogP contribution in [0.25, 0.3) is 0 Å². The van der Waals surface area contributed by atoms with Gasteiger partial charge in [-0.1, -0.05) is 104 Å². The van der Waals surface area contributed by atoms with E-state index < -0.39 is 28.5 Å². The number of sulfonamides is 1. The van der Waals surface area contributed by atoms with E-state index in [9.17, 15) is 18.0 Å². The summed E-state index contributed by atoms with van der Waals surface area (Å²) in [6, 6.07) is 30.2. The molecule has 7 nitrogen and oxygen atoms in total. The molecular weight excluding hydrogens is 582 g/mol. The van der Waals surface area contributed by atoms with Gasteiger partial charge in [0, 0.05) is 19.5 Å². The lowest BCUT2D eigenvalue weighted by Gasteiger charge is -2.34. The van der Waals surface area contributed by atoms with Crippen molar-refractivity contribution in [1.29, 1.82) is 0 Å². The van der Waals surface area contributed by atoms with Crippen molar-refractivity contribution in [3.63, 3.8) is 0 Å². The highest BCUT2D eigenvalue weighted by Crippen LogP contribution is 2.29. The van der Waals surface area contributed by atoms with Crippen molar-refractivity contribution >= 4 is 27.5 Å². The number of aryl methyl sites for hydroxylation is 3. The molecule has 4 aromatic carbocycles. The second-order valence-electron chi connectivity index (χ2n) is 11.5. The molecule has 0 aromatic heterocycles. The molecule has 0 spiro atoms. The van der Waals surface area contributed by atoms with Gasteiger partial charge in [0.05, 0.1) is 10.6 Å². The van der Waals surface area contributed by atoms with Crippen LogP contribution in [-0.2, 0) is 32.6 Å². The van der Waals surface area contributed by atoms with Crippen molar-refractivity contribution in [2.45, 2.75) is 64.4 Å². The van der Waals surface area contributed by atoms with Gasteiger partial charge in [0.2, 0.25) is 11.8 Å². The summed E-state index contributed by atoms with van der Waals surface area (Å²) in [6.07, 6.45) is 2.01. The van der Waals surface area contributed by atoms with E-state index in [1.54, 1.807) is 24.3 Å². The second kappa shape index (κ2) is 15.5. The van der Waals surface area contributed by atoms with Crippen molar-refractivity contribution in [3.05, 3.63) is 131 Å². The molecule has 1 N–H and O–H groups in total. The molecule has 4 aromatic rings. The summed E-state index contributed by atoms with van der Waals surface area (Å²) < 4.78 is 29.6. The maximum atomic E-state index is 14.6. The maximum Gasteiger partial charge on any atom is 0.264 e. The molecule has 236 valence electrons. The molecule has 1 unspecified atom stereocenters. The third-order valence-corrected chi connectivity index (χ3v) is 9.59. The van der Waals surface area contributed by atoms with Crippen LogP contribution in [0.2, 0.25) is 0 Å². The summed E-state index contributed by atoms with van der Waals surface area (Å²) in [5, 5.41) is 3.03. The van der Waals surface area contributed by atoms with E-state index in [0.29, 0.717) is 12.2 Å². The zero-order chi connectivity index (χ0) is 32.4. The third-order valence-electron chi connectivity index (χ3n) is 7.82. The Kier molecular flexibility index (Phi) is 11.5. The largest absolute Gasteiger partial charge is 0.354 e. The van der Waals surface area contributed by atoms with Crippen LogP contribution in [0.1, 0.15) is 47.6 Å². The zero-order valence-corrected chi connectivity index (χ0v) is 27.4. The van der Waals surface area contributed by atoms with Gasteiger partial charge in [0.1, 0.15) is 12.6 Å². The highest BCUT2D eigenvalue weighted by Gasteiger charge is 2.35. The van der Waals surface area contributed by atoms with Crippen LogP contribution in [0.4, 0.5) is 5.69 Å². The lowest BCUT2D eigenvalue weighted by atomic mass is 10.0. The van der Waals surface area contributed by atoms with E-state index in [4.69, 9.17) is 0 Å². The number of benzene rings is 4. The van der Waals surface area contributed by atoms with Crippen LogP contribution < -0.4 is 9.62 Å². The van der Waals surface area contributed by atoms with Crippen LogP contribution in [0.15, 0.2) is 108 Å². The number of anilines is 1. The topological polar surface area (TPSA) is 86.8 Å². The van der Waals surface area contributed by atoms with E-state index in [1.165, 1.54) is 21.3 Å². The molecule has 0 fully saturated rings. The van der Waals surface area contributed by atoms with Gasteiger partial charge in [0.15, 0.2) is 0 Å². The van der Waals surface area contributed by atoms with Gasteiger partial charge in [0.25, 0.3) is 10.0 Å². The molecule has 0 bridgehead atoms. The lowest BCUT2D eigenvalue weighted by molar-refractivity contribution is -0.140. The fraction of sp³-hybridized carbons (Fsp3) is 0.297. The van der Waals surface area contributed by atoms with Crippen molar-refractivity contribution in [3.8, 4) is 0 Å². The number of carbonyl (C=O) groups excluding carboxylic acids is 2. The molecule has 0 radical (unpaired) electrons. The SMILES string of the molecule is CCCCNC(=O)C(Cc1ccccc1)N(Cc1ccc(C)cc1)C(=O)CN(c1cc(C)ccc1C)S(=O)(=O)c1ccccc1. The first-order valence-electron chi connectivity index (χ1n) is 15.4. The summed E-state index contributed by atoms with van der Waals surface area (Å²) in [5.74, 6) is -0.737. The first-order valence-corrected chi connectivity index (χ1v) is 16.9. The number of unbranched alkanes of at least 4 members (excludes halogenated alkanes) is 1. The molecule has 0 saturated heterocycles. The molecule has 2 amide bonds. The van der Waals surface area contributed by atoms with Crippen molar-refractivity contribution in [1.82, 2.24) is 10.2 Å². The Labute approximate surface area is 268 Å². The van der Waals surface area contributed by atoms with Crippen molar-refractivity contribution in [2.24, 2.45) is 0 Å². The van der Waals surface area contributed by atoms with E-state index in [2.05, 4.69) is 12.2 Å². The fourth-order valence-electron chi connectivity index (χ4n) is 5.17. The van der Waals surface area contributed by atoms with E-state index in [0.717, 1.165) is 40.7 Å². The maximum absolute atomic E-state index is 14.6. The Bertz CT molecular complexity index is 1670. The molecule has 45 heavy (non-hydrogen) atoms. The minimum absolute atomic E-state index is 0.0851. The van der Waals surface area contributed by atoms with Crippen LogP contribution >= 0.6 is 0 Å². The molecule has 8 heteroatoms. The predicted molar refractivity (Wildman–Crippen MR) is 180 cm³/mol. The number of rotatable bonds is 14. The number of hydrogen-bond acceptors (Lipinski definition) is 4. The van der Waals surface area contributed by atoms with Crippen LogP contribution in [0.5, 0.6) is 0 Å². The standard InChI is InChI=1S/C37H43N3O4S/c1-5-6-23-38-37(42)35(25-31-13-9-7-10-14-31)39(26-32-21-18-28(2)19-22-32)36(41)27-40(34-24-29(3)17-20-30(34)4)45(43,44)33-15-11-8-12-16-33/h7-22,24,35H,5-6,23,25-27H2,1-4H3,(H,38,42). The summed E-state index contributed by atoms with van der Waals surface area (Å²) in [6.45, 7) is 7.92. The Balaban J connectivity index is 1.81. The molecule has 1 atom stereocenters. The first-order chi connectivity index (χ1) is 21.6. The quantitative estimate of drug-likeness (QED) is 0.165. The molecular formula is C37H43N3O4S. The molecule has 0 aliphatic heterocycles. The predicted octanol–water partition coefficient (Wildman–Crippen LogP) is 6.36. The van der Waals surface area contributed by atoms with E-state index in [1.807, 2.05) is 87.5 Å². The summed E-state index contributed by atoms with van der Waals surface area (Å²) in [7, 11) is -4.14. The lowest BCUT2D eigenvalue weighted by Crippen LogP contribution is -2.53. The average Bonchev–Trinajstić information content (AvgIpc) is 3.04. The Morgan fingerprint density at radius 3 is 2.04 bits per heavy atom. The monoisotopic (exact) mass is 625 g/mol. The number of hydrogen-bond donors (Lipinski definition) is 1. The molecule has 0 aliphatic rings. The van der Waals surface area contributed by atoms with Crippen molar-refractivity contribution < 1.29 is 18.0 Å². The fourth-order valence-corrected chi connectivity index (χ4v) is 6.66. The number of nitrogens with one attached hydrogen (secondary N) is 1. The summed E-state index contributed by atoms with van der Waals surface area (Å²) >= 11 is 0. The molecule has 0 aliphatic carbocycles. The number of amides is 2.